The molecule has 2 rings (SSSR count). The van der Waals surface area contributed by atoms with Crippen LogP contribution in [0, 0.1) is 0 Å². The maximum absolute atomic E-state index is 11.2. The highest BCUT2D eigenvalue weighted by molar-refractivity contribution is 6.34. The number of hydrogen-bond acceptors (Lipinski definition) is 2. The Morgan fingerprint density at radius 1 is 1.17 bits per heavy atom. The summed E-state index contributed by atoms with van der Waals surface area (Å²) in [7, 11) is 0. The Hall–Kier alpha value is -1.84. The molecule has 0 atom stereocenters. The van der Waals surface area contributed by atoms with Gasteiger partial charge in [0, 0.05) is 0 Å². The number of halogens is 1. The Morgan fingerprint density at radius 3 is 2.56 bits per heavy atom. The van der Waals surface area contributed by atoms with Gasteiger partial charge < -0.3 is 10.2 Å². The molecule has 0 saturated heterocycles. The summed E-state index contributed by atoms with van der Waals surface area (Å²) in [4.78, 5) is 11.2. The molecule has 0 aromatic heterocycles. The van der Waals surface area contributed by atoms with E-state index >= 15 is 0 Å². The highest BCUT2D eigenvalue weighted by Gasteiger charge is 2.15. The van der Waals surface area contributed by atoms with Gasteiger partial charge in [-0.15, -0.1) is 0 Å². The Kier molecular flexibility index (Phi) is 3.65. The summed E-state index contributed by atoms with van der Waals surface area (Å²) < 4.78 is 0. The zero-order valence-corrected chi connectivity index (χ0v) is 10.2. The number of carbonyl (C=O) groups is 1. The Bertz CT molecular complexity index is 593. The third-order valence-corrected chi connectivity index (χ3v) is 2.96. The summed E-state index contributed by atoms with van der Waals surface area (Å²) in [6.45, 7) is -0.0865. The van der Waals surface area contributed by atoms with Crippen molar-refractivity contribution in [2.45, 2.75) is 6.61 Å². The van der Waals surface area contributed by atoms with Crippen molar-refractivity contribution < 1.29 is 15.0 Å². The zero-order valence-electron chi connectivity index (χ0n) is 9.43. The maximum atomic E-state index is 11.2. The number of rotatable bonds is 3. The number of aliphatic hydroxyl groups is 1. The lowest BCUT2D eigenvalue weighted by Gasteiger charge is -2.09. The lowest BCUT2D eigenvalue weighted by molar-refractivity contribution is 0.0698. The minimum Gasteiger partial charge on any atom is -0.478 e. The number of carboxylic acid groups (broad SMARTS) is 1. The van der Waals surface area contributed by atoms with Gasteiger partial charge in [-0.25, -0.2) is 4.79 Å². The minimum atomic E-state index is -1.06. The van der Waals surface area contributed by atoms with Gasteiger partial charge in [-0.05, 0) is 28.8 Å². The molecule has 0 bridgehead atoms. The first-order chi connectivity index (χ1) is 8.63. The normalized spacial score (nSPS) is 10.3. The molecule has 92 valence electrons. The molecule has 0 unspecified atom stereocenters. The minimum absolute atomic E-state index is 0.0780. The van der Waals surface area contributed by atoms with Crippen molar-refractivity contribution in [2.24, 2.45) is 0 Å². The van der Waals surface area contributed by atoms with E-state index in [1.54, 1.807) is 42.5 Å². The number of benzene rings is 2. The molecular weight excluding hydrogens is 252 g/mol. The van der Waals surface area contributed by atoms with Gasteiger partial charge in [0.1, 0.15) is 0 Å². The van der Waals surface area contributed by atoms with Crippen LogP contribution in [0.3, 0.4) is 0 Å². The first-order valence-electron chi connectivity index (χ1n) is 5.35. The molecule has 2 aromatic rings. The second kappa shape index (κ2) is 5.21. The quantitative estimate of drug-likeness (QED) is 0.893. The summed E-state index contributed by atoms with van der Waals surface area (Å²) in [6, 6.07) is 12.0. The van der Waals surface area contributed by atoms with E-state index in [1.165, 1.54) is 0 Å². The lowest BCUT2D eigenvalue weighted by Crippen LogP contribution is -2.01. The van der Waals surface area contributed by atoms with Crippen molar-refractivity contribution in [3.63, 3.8) is 0 Å². The SMILES string of the molecule is O=C(O)c1c(Cl)cccc1-c1cccc(CO)c1. The fourth-order valence-electron chi connectivity index (χ4n) is 1.82. The van der Waals surface area contributed by atoms with Crippen LogP contribution in [0.1, 0.15) is 15.9 Å². The summed E-state index contributed by atoms with van der Waals surface area (Å²) >= 11 is 5.92. The maximum Gasteiger partial charge on any atom is 0.337 e. The molecule has 0 saturated carbocycles. The largest absolute Gasteiger partial charge is 0.478 e. The van der Waals surface area contributed by atoms with Gasteiger partial charge >= 0.3 is 5.97 Å². The van der Waals surface area contributed by atoms with Crippen LogP contribution in [-0.2, 0) is 6.61 Å². The lowest BCUT2D eigenvalue weighted by atomic mass is 9.98. The number of hydrogen-bond donors (Lipinski definition) is 2. The molecule has 2 N–H and O–H groups in total. The van der Waals surface area contributed by atoms with Gasteiger partial charge in [-0.3, -0.25) is 0 Å². The molecule has 0 amide bonds. The van der Waals surface area contributed by atoms with Crippen LogP contribution in [0.5, 0.6) is 0 Å². The van der Waals surface area contributed by atoms with Gasteiger partial charge in [0.15, 0.2) is 0 Å². The third-order valence-electron chi connectivity index (χ3n) is 2.65. The van der Waals surface area contributed by atoms with E-state index in [-0.39, 0.29) is 17.2 Å². The first-order valence-corrected chi connectivity index (χ1v) is 5.73. The van der Waals surface area contributed by atoms with Gasteiger partial charge in [-0.1, -0.05) is 41.9 Å². The molecule has 0 aliphatic rings. The van der Waals surface area contributed by atoms with Crippen molar-refractivity contribution >= 4 is 17.6 Å². The standard InChI is InChI=1S/C14H11ClO3/c15-12-6-2-5-11(13(12)14(17)18)10-4-1-3-9(7-10)8-16/h1-7,16H,8H2,(H,17,18). The number of aliphatic hydroxyl groups excluding tert-OH is 1. The van der Waals surface area contributed by atoms with Crippen molar-refractivity contribution in [1.29, 1.82) is 0 Å². The van der Waals surface area contributed by atoms with E-state index < -0.39 is 5.97 Å². The first kappa shape index (κ1) is 12.6. The van der Waals surface area contributed by atoms with Crippen LogP contribution in [0.25, 0.3) is 11.1 Å². The Balaban J connectivity index is 2.63. The second-order valence-corrected chi connectivity index (χ2v) is 4.23. The van der Waals surface area contributed by atoms with Gasteiger partial charge in [0.05, 0.1) is 17.2 Å². The molecule has 4 heteroatoms. The predicted molar refractivity (Wildman–Crippen MR) is 69.8 cm³/mol. The second-order valence-electron chi connectivity index (χ2n) is 3.83. The molecular formula is C14H11ClO3. The van der Waals surface area contributed by atoms with Crippen molar-refractivity contribution in [3.8, 4) is 11.1 Å². The summed E-state index contributed by atoms with van der Waals surface area (Å²) in [5.74, 6) is -1.06. The summed E-state index contributed by atoms with van der Waals surface area (Å²) in [5.41, 5.74) is 2.07. The molecule has 0 aliphatic carbocycles. The van der Waals surface area contributed by atoms with Crippen LogP contribution in [0.15, 0.2) is 42.5 Å². The third kappa shape index (κ3) is 2.37. The molecule has 0 aliphatic heterocycles. The summed E-state index contributed by atoms with van der Waals surface area (Å²) in [6.07, 6.45) is 0. The van der Waals surface area contributed by atoms with Crippen LogP contribution in [-0.4, -0.2) is 16.2 Å². The Labute approximate surface area is 109 Å². The Morgan fingerprint density at radius 2 is 1.89 bits per heavy atom. The van der Waals surface area contributed by atoms with E-state index in [9.17, 15) is 9.90 Å². The van der Waals surface area contributed by atoms with Gasteiger partial charge in [-0.2, -0.15) is 0 Å². The van der Waals surface area contributed by atoms with Crippen molar-refractivity contribution in [2.75, 3.05) is 0 Å². The van der Waals surface area contributed by atoms with E-state index in [2.05, 4.69) is 0 Å². The number of aromatic carboxylic acids is 1. The molecule has 0 heterocycles. The molecule has 18 heavy (non-hydrogen) atoms. The molecule has 3 nitrogen and oxygen atoms in total. The molecule has 2 aromatic carbocycles. The number of carboxylic acids is 1. The fourth-order valence-corrected chi connectivity index (χ4v) is 2.07. The molecule has 0 radical (unpaired) electrons. The summed E-state index contributed by atoms with van der Waals surface area (Å²) in [5, 5.41) is 18.5. The predicted octanol–water partition coefficient (Wildman–Crippen LogP) is 3.20. The van der Waals surface area contributed by atoms with Crippen molar-refractivity contribution in [1.82, 2.24) is 0 Å². The topological polar surface area (TPSA) is 57.5 Å². The van der Waals surface area contributed by atoms with Crippen LogP contribution >= 0.6 is 11.6 Å². The van der Waals surface area contributed by atoms with Crippen molar-refractivity contribution in [3.05, 3.63) is 58.6 Å². The monoisotopic (exact) mass is 262 g/mol. The van der Waals surface area contributed by atoms with Gasteiger partial charge in [0.25, 0.3) is 0 Å². The van der Waals surface area contributed by atoms with Gasteiger partial charge in [0.2, 0.25) is 0 Å². The van der Waals surface area contributed by atoms with E-state index in [0.29, 0.717) is 5.56 Å². The highest BCUT2D eigenvalue weighted by atomic mass is 35.5. The smallest absolute Gasteiger partial charge is 0.337 e. The molecule has 0 spiro atoms. The van der Waals surface area contributed by atoms with Crippen LogP contribution in [0.4, 0.5) is 0 Å². The van der Waals surface area contributed by atoms with E-state index in [4.69, 9.17) is 16.7 Å². The fraction of sp³-hybridized carbons (Fsp3) is 0.0714. The highest BCUT2D eigenvalue weighted by Crippen LogP contribution is 2.29. The van der Waals surface area contributed by atoms with Crippen LogP contribution < -0.4 is 0 Å². The van der Waals surface area contributed by atoms with E-state index in [0.717, 1.165) is 11.1 Å². The van der Waals surface area contributed by atoms with E-state index in [1.807, 2.05) is 0 Å². The van der Waals surface area contributed by atoms with Crippen LogP contribution in [0.2, 0.25) is 5.02 Å². The zero-order chi connectivity index (χ0) is 13.1. The molecule has 0 fully saturated rings. The average molecular weight is 263 g/mol. The average Bonchev–Trinajstić information content (AvgIpc) is 2.38.